The Hall–Kier alpha value is -0.830. The van der Waals surface area contributed by atoms with Crippen molar-refractivity contribution in [2.45, 2.75) is 40.3 Å². The summed E-state index contributed by atoms with van der Waals surface area (Å²) in [6, 6.07) is 0.145. The smallest absolute Gasteiger partial charge is 0.0565 e. The number of aromatic nitrogens is 2. The molecule has 1 heterocycles. The van der Waals surface area contributed by atoms with E-state index < -0.39 is 0 Å². The zero-order valence-electron chi connectivity index (χ0n) is 8.91. The molecule has 1 atom stereocenters. The molecule has 0 aliphatic carbocycles. The third kappa shape index (κ3) is 2.84. The van der Waals surface area contributed by atoms with Gasteiger partial charge in [0.2, 0.25) is 0 Å². The molecule has 0 spiro atoms. The normalized spacial score (nSPS) is 14.5. The molecule has 1 aromatic rings. The summed E-state index contributed by atoms with van der Waals surface area (Å²) in [5, 5.41) is 4.21. The molecule has 1 rings (SSSR count). The van der Waals surface area contributed by atoms with E-state index in [1.807, 2.05) is 24.0 Å². The zero-order chi connectivity index (χ0) is 10.1. The van der Waals surface area contributed by atoms with E-state index in [4.69, 9.17) is 5.73 Å². The molecule has 0 radical (unpaired) electrons. The Morgan fingerprint density at radius 2 is 2.15 bits per heavy atom. The predicted molar refractivity (Wildman–Crippen MR) is 54.4 cm³/mol. The first kappa shape index (κ1) is 10.3. The van der Waals surface area contributed by atoms with Gasteiger partial charge >= 0.3 is 0 Å². The highest BCUT2D eigenvalue weighted by Gasteiger charge is 2.20. The van der Waals surface area contributed by atoms with Gasteiger partial charge in [-0.2, -0.15) is 5.10 Å². The van der Waals surface area contributed by atoms with Crippen LogP contribution in [0.2, 0.25) is 0 Å². The number of hydrogen-bond donors (Lipinski definition) is 1. The molecule has 74 valence electrons. The average molecular weight is 181 g/mol. The van der Waals surface area contributed by atoms with E-state index in [1.54, 1.807) is 0 Å². The lowest BCUT2D eigenvalue weighted by Crippen LogP contribution is -2.38. The molecule has 0 aromatic carbocycles. The van der Waals surface area contributed by atoms with Gasteiger partial charge in [0, 0.05) is 12.2 Å². The Bertz CT molecular complexity index is 270. The maximum absolute atomic E-state index is 6.03. The maximum atomic E-state index is 6.03. The van der Waals surface area contributed by atoms with Gasteiger partial charge in [-0.1, -0.05) is 20.8 Å². The van der Waals surface area contributed by atoms with Crippen LogP contribution in [0.3, 0.4) is 0 Å². The summed E-state index contributed by atoms with van der Waals surface area (Å²) >= 11 is 0. The van der Waals surface area contributed by atoms with Gasteiger partial charge in [-0.15, -0.1) is 0 Å². The summed E-state index contributed by atoms with van der Waals surface area (Å²) in [5.74, 6) is 0. The SMILES string of the molecule is Cc1cnn(CC(N)C(C)(C)C)c1. The lowest BCUT2D eigenvalue weighted by molar-refractivity contribution is 0.283. The summed E-state index contributed by atoms with van der Waals surface area (Å²) in [5.41, 5.74) is 7.35. The minimum Gasteiger partial charge on any atom is -0.326 e. The first-order valence-corrected chi connectivity index (χ1v) is 4.64. The highest BCUT2D eigenvalue weighted by molar-refractivity contribution is 4.99. The van der Waals surface area contributed by atoms with E-state index in [-0.39, 0.29) is 11.5 Å². The van der Waals surface area contributed by atoms with Crippen molar-refractivity contribution in [3.8, 4) is 0 Å². The summed E-state index contributed by atoms with van der Waals surface area (Å²) in [7, 11) is 0. The van der Waals surface area contributed by atoms with Gasteiger partial charge in [-0.3, -0.25) is 4.68 Å². The predicted octanol–water partition coefficient (Wildman–Crippen LogP) is 1.56. The van der Waals surface area contributed by atoms with Crippen LogP contribution in [-0.2, 0) is 6.54 Å². The van der Waals surface area contributed by atoms with Crippen LogP contribution in [0.1, 0.15) is 26.3 Å². The van der Waals surface area contributed by atoms with Crippen LogP contribution in [0.5, 0.6) is 0 Å². The van der Waals surface area contributed by atoms with Gasteiger partial charge in [0.25, 0.3) is 0 Å². The number of hydrogen-bond acceptors (Lipinski definition) is 2. The molecule has 0 fully saturated rings. The monoisotopic (exact) mass is 181 g/mol. The molecular weight excluding hydrogens is 162 g/mol. The molecule has 1 aromatic heterocycles. The minimum absolute atomic E-state index is 0.139. The molecule has 2 N–H and O–H groups in total. The molecule has 0 saturated carbocycles. The van der Waals surface area contributed by atoms with Crippen LogP contribution in [0, 0.1) is 12.3 Å². The molecule has 0 aliphatic heterocycles. The second-order valence-corrected chi connectivity index (χ2v) is 4.71. The van der Waals surface area contributed by atoms with Gasteiger partial charge in [-0.05, 0) is 17.9 Å². The van der Waals surface area contributed by atoms with E-state index in [1.165, 1.54) is 5.56 Å². The van der Waals surface area contributed by atoms with Gasteiger partial charge in [0.05, 0.1) is 12.7 Å². The van der Waals surface area contributed by atoms with Crippen molar-refractivity contribution in [3.05, 3.63) is 18.0 Å². The number of nitrogens with zero attached hydrogens (tertiary/aromatic N) is 2. The highest BCUT2D eigenvalue weighted by Crippen LogP contribution is 2.18. The first-order chi connectivity index (χ1) is 5.89. The van der Waals surface area contributed by atoms with Crippen LogP contribution < -0.4 is 5.73 Å². The van der Waals surface area contributed by atoms with E-state index in [2.05, 4.69) is 25.9 Å². The fraction of sp³-hybridized carbons (Fsp3) is 0.700. The third-order valence-electron chi connectivity index (χ3n) is 2.26. The topological polar surface area (TPSA) is 43.8 Å². The Morgan fingerprint density at radius 3 is 2.54 bits per heavy atom. The third-order valence-corrected chi connectivity index (χ3v) is 2.26. The molecule has 0 saturated heterocycles. The van der Waals surface area contributed by atoms with Crippen LogP contribution in [0.15, 0.2) is 12.4 Å². The Morgan fingerprint density at radius 1 is 1.54 bits per heavy atom. The molecule has 0 amide bonds. The zero-order valence-corrected chi connectivity index (χ0v) is 8.91. The number of rotatable bonds is 2. The van der Waals surface area contributed by atoms with Crippen molar-refractivity contribution in [3.63, 3.8) is 0 Å². The quantitative estimate of drug-likeness (QED) is 0.752. The van der Waals surface area contributed by atoms with Crippen LogP contribution in [0.4, 0.5) is 0 Å². The minimum atomic E-state index is 0.139. The van der Waals surface area contributed by atoms with Crippen molar-refractivity contribution in [2.24, 2.45) is 11.1 Å². The standard InChI is InChI=1S/C10H19N3/c1-8-5-12-13(6-8)7-9(11)10(2,3)4/h5-6,9H,7,11H2,1-4H3. The molecule has 0 bridgehead atoms. The second-order valence-electron chi connectivity index (χ2n) is 4.71. The van der Waals surface area contributed by atoms with Crippen molar-refractivity contribution >= 4 is 0 Å². The maximum Gasteiger partial charge on any atom is 0.0565 e. The Labute approximate surface area is 79.9 Å². The van der Waals surface area contributed by atoms with E-state index in [0.717, 1.165) is 6.54 Å². The first-order valence-electron chi connectivity index (χ1n) is 4.64. The van der Waals surface area contributed by atoms with Gasteiger partial charge in [0.15, 0.2) is 0 Å². The van der Waals surface area contributed by atoms with Crippen molar-refractivity contribution in [1.29, 1.82) is 0 Å². The number of aryl methyl sites for hydroxylation is 1. The molecule has 1 unspecified atom stereocenters. The van der Waals surface area contributed by atoms with E-state index in [9.17, 15) is 0 Å². The Balaban J connectivity index is 2.60. The van der Waals surface area contributed by atoms with E-state index in [0.29, 0.717) is 0 Å². The van der Waals surface area contributed by atoms with Crippen molar-refractivity contribution in [2.75, 3.05) is 0 Å². The van der Waals surface area contributed by atoms with Crippen LogP contribution in [-0.4, -0.2) is 15.8 Å². The summed E-state index contributed by atoms with van der Waals surface area (Å²) < 4.78 is 1.91. The second kappa shape index (κ2) is 3.50. The lowest BCUT2D eigenvalue weighted by Gasteiger charge is -2.26. The Kier molecular flexibility index (Phi) is 2.76. The highest BCUT2D eigenvalue weighted by atomic mass is 15.3. The van der Waals surface area contributed by atoms with Gasteiger partial charge < -0.3 is 5.73 Å². The average Bonchev–Trinajstić information content (AvgIpc) is 2.33. The summed E-state index contributed by atoms with van der Waals surface area (Å²) in [6.45, 7) is 9.26. The lowest BCUT2D eigenvalue weighted by atomic mass is 9.87. The van der Waals surface area contributed by atoms with Crippen molar-refractivity contribution in [1.82, 2.24) is 9.78 Å². The fourth-order valence-electron chi connectivity index (χ4n) is 1.04. The number of nitrogens with two attached hydrogens (primary N) is 1. The largest absolute Gasteiger partial charge is 0.326 e. The van der Waals surface area contributed by atoms with Crippen LogP contribution in [0.25, 0.3) is 0 Å². The van der Waals surface area contributed by atoms with Crippen molar-refractivity contribution < 1.29 is 0 Å². The summed E-state index contributed by atoms with van der Waals surface area (Å²) in [6.07, 6.45) is 3.88. The molecule has 0 aliphatic rings. The van der Waals surface area contributed by atoms with Crippen LogP contribution >= 0.6 is 0 Å². The fourth-order valence-corrected chi connectivity index (χ4v) is 1.04. The van der Waals surface area contributed by atoms with Gasteiger partial charge in [-0.25, -0.2) is 0 Å². The van der Waals surface area contributed by atoms with Gasteiger partial charge in [0.1, 0.15) is 0 Å². The molecular formula is C10H19N3. The molecule has 3 nitrogen and oxygen atoms in total. The van der Waals surface area contributed by atoms with E-state index >= 15 is 0 Å². The molecule has 13 heavy (non-hydrogen) atoms. The molecule has 3 heteroatoms. The summed E-state index contributed by atoms with van der Waals surface area (Å²) in [4.78, 5) is 0.